The highest BCUT2D eigenvalue weighted by atomic mass is 19.1. The fourth-order valence-corrected chi connectivity index (χ4v) is 3.41. The maximum absolute atomic E-state index is 13.1. The lowest BCUT2D eigenvalue weighted by atomic mass is 9.94. The van der Waals surface area contributed by atoms with Crippen molar-refractivity contribution in [2.45, 2.75) is 37.6 Å². The lowest BCUT2D eigenvalue weighted by molar-refractivity contribution is -0.123. The predicted octanol–water partition coefficient (Wildman–Crippen LogP) is 2.42. The van der Waals surface area contributed by atoms with E-state index in [-0.39, 0.29) is 30.2 Å². The predicted molar refractivity (Wildman–Crippen MR) is 82.5 cm³/mol. The van der Waals surface area contributed by atoms with Crippen molar-refractivity contribution in [3.8, 4) is 0 Å². The van der Waals surface area contributed by atoms with Crippen LogP contribution in [-0.2, 0) is 9.53 Å². The summed E-state index contributed by atoms with van der Waals surface area (Å²) in [7, 11) is 0. The van der Waals surface area contributed by atoms with Crippen molar-refractivity contribution in [3.05, 3.63) is 35.6 Å². The van der Waals surface area contributed by atoms with Gasteiger partial charge in [-0.15, -0.1) is 0 Å². The number of benzene rings is 1. The van der Waals surface area contributed by atoms with Crippen LogP contribution >= 0.6 is 0 Å². The molecule has 2 fully saturated rings. The lowest BCUT2D eigenvalue weighted by Crippen LogP contribution is -2.47. The van der Waals surface area contributed by atoms with Crippen molar-refractivity contribution in [2.75, 3.05) is 19.7 Å². The summed E-state index contributed by atoms with van der Waals surface area (Å²) >= 11 is 0. The molecule has 1 saturated carbocycles. The summed E-state index contributed by atoms with van der Waals surface area (Å²) in [5.74, 6) is -0.216. The van der Waals surface area contributed by atoms with Crippen LogP contribution in [0.1, 0.15) is 37.2 Å². The Morgan fingerprint density at radius 1 is 1.26 bits per heavy atom. The Bertz CT molecular complexity index is 576. The second-order valence-corrected chi connectivity index (χ2v) is 6.15. The average Bonchev–Trinajstić information content (AvgIpc) is 2.98. The van der Waals surface area contributed by atoms with Crippen LogP contribution in [0.5, 0.6) is 0 Å². The molecule has 0 radical (unpaired) electrons. The monoisotopic (exact) mass is 320 g/mol. The van der Waals surface area contributed by atoms with E-state index in [2.05, 4.69) is 5.32 Å². The highest BCUT2D eigenvalue weighted by Crippen LogP contribution is 2.34. The van der Waals surface area contributed by atoms with Crippen LogP contribution in [0.2, 0.25) is 0 Å². The van der Waals surface area contributed by atoms with Crippen molar-refractivity contribution in [3.63, 3.8) is 0 Å². The molecule has 23 heavy (non-hydrogen) atoms. The van der Waals surface area contributed by atoms with Gasteiger partial charge in [0.2, 0.25) is 5.91 Å². The molecule has 6 heteroatoms. The van der Waals surface area contributed by atoms with Crippen LogP contribution in [0.4, 0.5) is 9.18 Å². The van der Waals surface area contributed by atoms with Crippen LogP contribution < -0.4 is 5.32 Å². The zero-order valence-corrected chi connectivity index (χ0v) is 13.0. The Kier molecular flexibility index (Phi) is 4.79. The number of nitrogens with one attached hydrogen (secondary N) is 1. The van der Waals surface area contributed by atoms with Gasteiger partial charge >= 0.3 is 6.09 Å². The van der Waals surface area contributed by atoms with Crippen molar-refractivity contribution in [1.82, 2.24) is 10.2 Å². The molecule has 2 amide bonds. The molecular weight excluding hydrogens is 299 g/mol. The number of rotatable bonds is 4. The second-order valence-electron chi connectivity index (χ2n) is 6.15. The molecule has 1 saturated heterocycles. The van der Waals surface area contributed by atoms with Gasteiger partial charge in [0.25, 0.3) is 0 Å². The minimum Gasteiger partial charge on any atom is -0.449 e. The fourth-order valence-electron chi connectivity index (χ4n) is 3.41. The normalized spacial score (nSPS) is 24.4. The first-order valence-corrected chi connectivity index (χ1v) is 8.10. The van der Waals surface area contributed by atoms with Gasteiger partial charge in [0.05, 0.1) is 6.61 Å². The molecule has 1 N–H and O–H groups in total. The zero-order chi connectivity index (χ0) is 16.2. The number of carbonyl (C=O) groups is 2. The van der Waals surface area contributed by atoms with Gasteiger partial charge in [0, 0.05) is 18.5 Å². The van der Waals surface area contributed by atoms with Gasteiger partial charge in [-0.05, 0) is 37.0 Å². The first-order chi connectivity index (χ1) is 11.1. The number of ether oxygens (including phenoxy) is 1. The highest BCUT2D eigenvalue weighted by molar-refractivity contribution is 5.82. The Morgan fingerprint density at radius 3 is 2.78 bits per heavy atom. The van der Waals surface area contributed by atoms with E-state index in [1.807, 2.05) is 0 Å². The van der Waals surface area contributed by atoms with E-state index in [1.54, 1.807) is 12.1 Å². The molecule has 0 bridgehead atoms. The molecular formula is C17H21FN2O3. The van der Waals surface area contributed by atoms with Gasteiger partial charge in [-0.3, -0.25) is 9.69 Å². The number of hydrogen-bond donors (Lipinski definition) is 1. The number of amides is 2. The smallest absolute Gasteiger partial charge is 0.410 e. The van der Waals surface area contributed by atoms with E-state index in [4.69, 9.17) is 4.74 Å². The molecule has 1 heterocycles. The minimum atomic E-state index is -0.423. The molecule has 1 aromatic carbocycles. The van der Waals surface area contributed by atoms with Crippen LogP contribution in [-0.4, -0.2) is 42.6 Å². The summed E-state index contributed by atoms with van der Waals surface area (Å²) in [5.41, 5.74) is 1.05. The van der Waals surface area contributed by atoms with E-state index in [0.29, 0.717) is 13.2 Å². The number of halogens is 1. The number of hydrogen-bond acceptors (Lipinski definition) is 3. The number of carbonyl (C=O) groups excluding carboxylic acids is 2. The standard InChI is InChI=1S/C17H21FN2O3/c18-13-7-5-12(6-8-13)14-3-1-4-15(14)19-16(21)11-20-9-2-10-23-17(20)22/h5-8,14-15H,1-4,9-11H2,(H,19,21). The third-order valence-electron chi connectivity index (χ3n) is 4.55. The third-order valence-corrected chi connectivity index (χ3v) is 4.55. The van der Waals surface area contributed by atoms with Gasteiger partial charge in [0.1, 0.15) is 12.4 Å². The van der Waals surface area contributed by atoms with Gasteiger partial charge < -0.3 is 10.1 Å². The third kappa shape index (κ3) is 3.81. The quantitative estimate of drug-likeness (QED) is 0.927. The van der Waals surface area contributed by atoms with Crippen molar-refractivity contribution >= 4 is 12.0 Å². The molecule has 2 atom stereocenters. The summed E-state index contributed by atoms with van der Waals surface area (Å²) < 4.78 is 18.0. The van der Waals surface area contributed by atoms with Crippen molar-refractivity contribution < 1.29 is 18.7 Å². The average molecular weight is 320 g/mol. The van der Waals surface area contributed by atoms with Crippen molar-refractivity contribution in [1.29, 1.82) is 0 Å². The van der Waals surface area contributed by atoms with Crippen LogP contribution in [0.25, 0.3) is 0 Å². The maximum atomic E-state index is 13.1. The van der Waals surface area contributed by atoms with E-state index < -0.39 is 6.09 Å². The minimum absolute atomic E-state index is 0.0332. The first-order valence-electron chi connectivity index (χ1n) is 8.10. The summed E-state index contributed by atoms with van der Waals surface area (Å²) in [6.07, 6.45) is 3.23. The maximum Gasteiger partial charge on any atom is 0.410 e. The topological polar surface area (TPSA) is 58.6 Å². The van der Waals surface area contributed by atoms with Gasteiger partial charge in [-0.1, -0.05) is 18.6 Å². The lowest BCUT2D eigenvalue weighted by Gasteiger charge is -2.27. The second kappa shape index (κ2) is 6.98. The van der Waals surface area contributed by atoms with Crippen LogP contribution in [0, 0.1) is 5.82 Å². The molecule has 124 valence electrons. The van der Waals surface area contributed by atoms with E-state index in [1.165, 1.54) is 17.0 Å². The van der Waals surface area contributed by atoms with Crippen LogP contribution in [0.15, 0.2) is 24.3 Å². The summed E-state index contributed by atoms with van der Waals surface area (Å²) in [6.45, 7) is 1.01. The fraction of sp³-hybridized carbons (Fsp3) is 0.529. The molecule has 1 aromatic rings. The molecule has 2 unspecified atom stereocenters. The number of cyclic esters (lactones) is 1. The van der Waals surface area contributed by atoms with E-state index in [0.717, 1.165) is 31.2 Å². The molecule has 0 spiro atoms. The Morgan fingerprint density at radius 2 is 2.04 bits per heavy atom. The number of nitrogens with zero attached hydrogens (tertiary/aromatic N) is 1. The Labute approximate surface area is 134 Å². The molecule has 0 aromatic heterocycles. The van der Waals surface area contributed by atoms with Crippen LogP contribution in [0.3, 0.4) is 0 Å². The van der Waals surface area contributed by atoms with Gasteiger partial charge in [-0.2, -0.15) is 0 Å². The molecule has 2 aliphatic rings. The van der Waals surface area contributed by atoms with Crippen molar-refractivity contribution in [2.24, 2.45) is 0 Å². The molecule has 5 nitrogen and oxygen atoms in total. The van der Waals surface area contributed by atoms with E-state index in [9.17, 15) is 14.0 Å². The summed E-state index contributed by atoms with van der Waals surface area (Å²) in [4.78, 5) is 25.2. The largest absolute Gasteiger partial charge is 0.449 e. The SMILES string of the molecule is O=C(CN1CCCOC1=O)NC1CCCC1c1ccc(F)cc1. The summed E-state index contributed by atoms with van der Waals surface area (Å²) in [5, 5.41) is 3.03. The highest BCUT2D eigenvalue weighted by Gasteiger charge is 2.31. The molecule has 1 aliphatic carbocycles. The van der Waals surface area contributed by atoms with E-state index >= 15 is 0 Å². The molecule has 1 aliphatic heterocycles. The Balaban J connectivity index is 1.58. The van der Waals surface area contributed by atoms with Gasteiger partial charge in [0.15, 0.2) is 0 Å². The molecule has 3 rings (SSSR count). The summed E-state index contributed by atoms with van der Waals surface area (Å²) in [6, 6.07) is 6.51. The zero-order valence-electron chi connectivity index (χ0n) is 13.0. The Hall–Kier alpha value is -2.11. The first kappa shape index (κ1) is 15.8. The van der Waals surface area contributed by atoms with Gasteiger partial charge in [-0.25, -0.2) is 9.18 Å².